The van der Waals surface area contributed by atoms with E-state index in [0.717, 1.165) is 5.56 Å². The molecule has 1 atom stereocenters. The standard InChI is InChI=1S/C19H21F3N4/c20-16-2-1-7-24-17(16)26-11-5-18(14-26)13-25(10-6-19(18,21)22)12-15-3-8-23-9-4-15/h1-4,7-9H,5-6,10-14H2/t18-/m0/s1. The van der Waals surface area contributed by atoms with E-state index in [1.54, 1.807) is 17.3 Å². The molecule has 2 aliphatic rings. The number of nitrogens with zero attached hydrogens (tertiary/aromatic N) is 4. The van der Waals surface area contributed by atoms with E-state index in [-0.39, 0.29) is 18.8 Å². The number of pyridine rings is 2. The zero-order valence-electron chi connectivity index (χ0n) is 14.4. The molecule has 0 aliphatic carbocycles. The monoisotopic (exact) mass is 362 g/mol. The fraction of sp³-hybridized carbons (Fsp3) is 0.474. The zero-order valence-corrected chi connectivity index (χ0v) is 14.4. The van der Waals surface area contributed by atoms with Crippen molar-refractivity contribution in [3.8, 4) is 0 Å². The van der Waals surface area contributed by atoms with Gasteiger partial charge in [-0.05, 0) is 36.2 Å². The minimum Gasteiger partial charge on any atom is -0.353 e. The van der Waals surface area contributed by atoms with Crippen LogP contribution in [0, 0.1) is 11.2 Å². The summed E-state index contributed by atoms with van der Waals surface area (Å²) in [6, 6.07) is 6.64. The molecule has 0 N–H and O–H groups in total. The predicted molar refractivity (Wildman–Crippen MR) is 92.5 cm³/mol. The van der Waals surface area contributed by atoms with Crippen molar-refractivity contribution in [2.24, 2.45) is 5.41 Å². The number of anilines is 1. The van der Waals surface area contributed by atoms with Crippen molar-refractivity contribution in [1.29, 1.82) is 0 Å². The Bertz CT molecular complexity index is 770. The summed E-state index contributed by atoms with van der Waals surface area (Å²) >= 11 is 0. The Morgan fingerprint density at radius 3 is 2.58 bits per heavy atom. The van der Waals surface area contributed by atoms with Gasteiger partial charge in [-0.15, -0.1) is 0 Å². The van der Waals surface area contributed by atoms with Crippen molar-refractivity contribution in [2.75, 3.05) is 31.1 Å². The number of aromatic nitrogens is 2. The number of rotatable bonds is 3. The Morgan fingerprint density at radius 1 is 1.00 bits per heavy atom. The van der Waals surface area contributed by atoms with E-state index in [2.05, 4.69) is 14.9 Å². The molecule has 0 radical (unpaired) electrons. The van der Waals surface area contributed by atoms with Crippen LogP contribution >= 0.6 is 0 Å². The number of hydrogen-bond acceptors (Lipinski definition) is 4. The molecule has 2 aliphatic heterocycles. The topological polar surface area (TPSA) is 32.3 Å². The smallest absolute Gasteiger partial charge is 0.257 e. The van der Waals surface area contributed by atoms with Gasteiger partial charge in [-0.25, -0.2) is 18.2 Å². The second kappa shape index (κ2) is 6.54. The van der Waals surface area contributed by atoms with Gasteiger partial charge in [0.2, 0.25) is 0 Å². The molecule has 0 aromatic carbocycles. The lowest BCUT2D eigenvalue weighted by Crippen LogP contribution is -2.56. The highest BCUT2D eigenvalue weighted by atomic mass is 19.3. The molecule has 1 spiro atoms. The summed E-state index contributed by atoms with van der Waals surface area (Å²) in [5.41, 5.74) is -0.103. The van der Waals surface area contributed by atoms with E-state index >= 15 is 0 Å². The van der Waals surface area contributed by atoms with Gasteiger partial charge < -0.3 is 4.90 Å². The lowest BCUT2D eigenvalue weighted by molar-refractivity contribution is -0.158. The van der Waals surface area contributed by atoms with Crippen LogP contribution in [-0.4, -0.2) is 47.0 Å². The van der Waals surface area contributed by atoms with Crippen LogP contribution in [0.1, 0.15) is 18.4 Å². The molecule has 0 amide bonds. The van der Waals surface area contributed by atoms with Crippen molar-refractivity contribution in [1.82, 2.24) is 14.9 Å². The Balaban J connectivity index is 1.54. The largest absolute Gasteiger partial charge is 0.353 e. The zero-order chi connectivity index (χ0) is 18.2. The van der Waals surface area contributed by atoms with Gasteiger partial charge in [-0.1, -0.05) is 0 Å². The van der Waals surface area contributed by atoms with E-state index in [4.69, 9.17) is 0 Å². The average molecular weight is 362 g/mol. The molecule has 2 saturated heterocycles. The van der Waals surface area contributed by atoms with Gasteiger partial charge in [0.15, 0.2) is 11.6 Å². The number of hydrogen-bond donors (Lipinski definition) is 0. The number of likely N-dealkylation sites (tertiary alicyclic amines) is 1. The van der Waals surface area contributed by atoms with Crippen LogP contribution in [0.3, 0.4) is 0 Å². The summed E-state index contributed by atoms with van der Waals surface area (Å²) in [7, 11) is 0. The third kappa shape index (κ3) is 3.05. The van der Waals surface area contributed by atoms with E-state index < -0.39 is 17.2 Å². The van der Waals surface area contributed by atoms with Gasteiger partial charge in [0.25, 0.3) is 5.92 Å². The Kier molecular flexibility index (Phi) is 4.34. The molecular weight excluding hydrogens is 341 g/mol. The Labute approximate surface area is 150 Å². The summed E-state index contributed by atoms with van der Waals surface area (Å²) in [4.78, 5) is 11.8. The molecule has 0 unspecified atom stereocenters. The maximum absolute atomic E-state index is 14.9. The van der Waals surface area contributed by atoms with E-state index in [0.29, 0.717) is 32.6 Å². The third-order valence-corrected chi connectivity index (χ3v) is 5.59. The third-order valence-electron chi connectivity index (χ3n) is 5.59. The average Bonchev–Trinajstić information content (AvgIpc) is 3.05. The van der Waals surface area contributed by atoms with E-state index in [1.807, 2.05) is 12.1 Å². The molecule has 138 valence electrons. The maximum Gasteiger partial charge on any atom is 0.257 e. The highest BCUT2D eigenvalue weighted by Gasteiger charge is 2.59. The Hall–Kier alpha value is -2.15. The highest BCUT2D eigenvalue weighted by molar-refractivity contribution is 5.42. The van der Waals surface area contributed by atoms with Crippen molar-refractivity contribution in [3.05, 3.63) is 54.2 Å². The van der Waals surface area contributed by atoms with Crippen LogP contribution in [-0.2, 0) is 6.54 Å². The van der Waals surface area contributed by atoms with Crippen LogP contribution < -0.4 is 4.90 Å². The maximum atomic E-state index is 14.9. The van der Waals surface area contributed by atoms with Crippen LogP contribution in [0.4, 0.5) is 19.0 Å². The second-order valence-corrected chi connectivity index (χ2v) is 7.28. The first-order valence-corrected chi connectivity index (χ1v) is 8.84. The molecule has 7 heteroatoms. The number of piperidine rings is 1. The molecule has 4 heterocycles. The van der Waals surface area contributed by atoms with Gasteiger partial charge in [-0.3, -0.25) is 9.88 Å². The summed E-state index contributed by atoms with van der Waals surface area (Å²) < 4.78 is 43.8. The predicted octanol–water partition coefficient (Wildman–Crippen LogP) is 3.35. The lowest BCUT2D eigenvalue weighted by Gasteiger charge is -2.46. The molecule has 0 saturated carbocycles. The van der Waals surface area contributed by atoms with Gasteiger partial charge in [0.05, 0.1) is 5.41 Å². The van der Waals surface area contributed by atoms with E-state index in [9.17, 15) is 13.2 Å². The molecule has 2 aromatic heterocycles. The number of halogens is 3. The lowest BCUT2D eigenvalue weighted by atomic mass is 9.75. The van der Waals surface area contributed by atoms with E-state index in [1.165, 1.54) is 18.3 Å². The minimum absolute atomic E-state index is 0.126. The van der Waals surface area contributed by atoms with Crippen LogP contribution in [0.25, 0.3) is 0 Å². The quantitative estimate of drug-likeness (QED) is 0.838. The number of alkyl halides is 2. The molecule has 26 heavy (non-hydrogen) atoms. The SMILES string of the molecule is Fc1cccnc1N1CC[C@]2(CN(Cc3ccncc3)CCC2(F)F)C1. The van der Waals surface area contributed by atoms with Gasteiger partial charge in [-0.2, -0.15) is 0 Å². The minimum atomic E-state index is -2.76. The summed E-state index contributed by atoms with van der Waals surface area (Å²) in [5, 5.41) is 0. The summed E-state index contributed by atoms with van der Waals surface area (Å²) in [5.74, 6) is -3.05. The van der Waals surface area contributed by atoms with Crippen molar-refractivity contribution >= 4 is 5.82 Å². The summed E-state index contributed by atoms with van der Waals surface area (Å²) in [6.07, 6.45) is 5.09. The molecule has 4 rings (SSSR count). The first kappa shape index (κ1) is 17.3. The molecule has 2 fully saturated rings. The fourth-order valence-electron chi connectivity index (χ4n) is 4.16. The van der Waals surface area contributed by atoms with Crippen molar-refractivity contribution < 1.29 is 13.2 Å². The van der Waals surface area contributed by atoms with Crippen molar-refractivity contribution in [2.45, 2.75) is 25.3 Å². The molecule has 2 aromatic rings. The van der Waals surface area contributed by atoms with Crippen LogP contribution in [0.15, 0.2) is 42.9 Å². The molecule has 0 bridgehead atoms. The first-order valence-electron chi connectivity index (χ1n) is 8.84. The van der Waals surface area contributed by atoms with Gasteiger partial charge in [0.1, 0.15) is 0 Å². The fourth-order valence-corrected chi connectivity index (χ4v) is 4.16. The second-order valence-electron chi connectivity index (χ2n) is 7.28. The van der Waals surface area contributed by atoms with Gasteiger partial charge >= 0.3 is 0 Å². The molecular formula is C19H21F3N4. The summed E-state index contributed by atoms with van der Waals surface area (Å²) in [6.45, 7) is 1.80. The van der Waals surface area contributed by atoms with Crippen LogP contribution in [0.5, 0.6) is 0 Å². The van der Waals surface area contributed by atoms with Gasteiger partial charge in [0, 0.05) is 57.7 Å². The highest BCUT2D eigenvalue weighted by Crippen LogP contribution is 2.50. The Morgan fingerprint density at radius 2 is 1.81 bits per heavy atom. The van der Waals surface area contributed by atoms with Crippen LogP contribution in [0.2, 0.25) is 0 Å². The molecule has 4 nitrogen and oxygen atoms in total. The van der Waals surface area contributed by atoms with Crippen molar-refractivity contribution in [3.63, 3.8) is 0 Å². The first-order chi connectivity index (χ1) is 12.5. The normalized spacial score (nSPS) is 25.7.